The number of ketones is 2. The fourth-order valence-electron chi connectivity index (χ4n) is 7.62. The molecular formula is C23H32O4. The van der Waals surface area contributed by atoms with E-state index < -0.39 is 5.60 Å². The van der Waals surface area contributed by atoms with Crippen LogP contribution in [0.2, 0.25) is 0 Å². The molecule has 0 aromatic rings. The fraction of sp³-hybridized carbons (Fsp3) is 0.783. The molecule has 4 rings (SSSR count). The van der Waals surface area contributed by atoms with Crippen LogP contribution in [0.4, 0.5) is 0 Å². The number of fused-ring (bicyclic) bond motifs is 5. The molecule has 0 unspecified atom stereocenters. The van der Waals surface area contributed by atoms with E-state index in [9.17, 15) is 14.4 Å². The molecule has 0 aromatic carbocycles. The molecule has 6 atom stereocenters. The molecule has 3 saturated carbocycles. The SMILES string of the molecule is CC(=O)O[C@]1(C(C)=O)CC[C@@H]2[C@@H]3CCC4=CC(=O)CC[C@]4(C)[C@H]3CC[C@]21C. The van der Waals surface area contributed by atoms with Gasteiger partial charge in [0.05, 0.1) is 0 Å². The first kappa shape index (κ1) is 18.9. The Morgan fingerprint density at radius 3 is 2.37 bits per heavy atom. The maximum atomic E-state index is 12.7. The van der Waals surface area contributed by atoms with Gasteiger partial charge in [0, 0.05) is 18.8 Å². The zero-order valence-corrected chi connectivity index (χ0v) is 17.1. The van der Waals surface area contributed by atoms with Crippen molar-refractivity contribution in [1.82, 2.24) is 0 Å². The second-order valence-corrected chi connectivity index (χ2v) is 9.94. The predicted octanol–water partition coefficient (Wildman–Crippen LogP) is 4.41. The summed E-state index contributed by atoms with van der Waals surface area (Å²) in [6.45, 7) is 7.58. The third-order valence-electron chi connectivity index (χ3n) is 8.97. The minimum absolute atomic E-state index is 0.00650. The Morgan fingerprint density at radius 2 is 1.70 bits per heavy atom. The number of Topliss-reactive ketones (excluding diaryl/α,β-unsaturated/α-hetero) is 1. The lowest BCUT2D eigenvalue weighted by molar-refractivity contribution is -0.187. The van der Waals surface area contributed by atoms with Crippen molar-refractivity contribution >= 4 is 17.5 Å². The highest BCUT2D eigenvalue weighted by Gasteiger charge is 2.67. The van der Waals surface area contributed by atoms with E-state index >= 15 is 0 Å². The van der Waals surface area contributed by atoms with Crippen LogP contribution in [0, 0.1) is 28.6 Å². The molecule has 0 N–H and O–H groups in total. The van der Waals surface area contributed by atoms with Gasteiger partial charge in [-0.25, -0.2) is 0 Å². The molecule has 4 heteroatoms. The summed E-state index contributed by atoms with van der Waals surface area (Å²) in [5, 5.41) is 0. The second kappa shape index (κ2) is 6.02. The average Bonchev–Trinajstić information content (AvgIpc) is 2.89. The summed E-state index contributed by atoms with van der Waals surface area (Å²) in [6, 6.07) is 0. The standard InChI is InChI=1S/C23H32O4/c1-14(24)23(27-15(2)25)12-9-20-18-6-5-16-13-17(26)7-10-21(16,3)19(18)8-11-22(20,23)4/h13,18-20H,5-12H2,1-4H3/t18-,19+,20-,21+,22-,23+/m1/s1. The Hall–Kier alpha value is -1.45. The van der Waals surface area contributed by atoms with Crippen LogP contribution in [0.1, 0.15) is 79.1 Å². The molecule has 3 fully saturated rings. The molecule has 4 nitrogen and oxygen atoms in total. The Balaban J connectivity index is 1.70. The van der Waals surface area contributed by atoms with E-state index in [2.05, 4.69) is 13.8 Å². The second-order valence-electron chi connectivity index (χ2n) is 9.94. The molecule has 4 aliphatic carbocycles. The molecule has 148 valence electrons. The maximum Gasteiger partial charge on any atom is 0.303 e. The summed E-state index contributed by atoms with van der Waals surface area (Å²) in [5.41, 5.74) is 0.266. The van der Waals surface area contributed by atoms with Gasteiger partial charge < -0.3 is 4.74 Å². The highest BCUT2D eigenvalue weighted by atomic mass is 16.6. The molecule has 0 aromatic heterocycles. The summed E-state index contributed by atoms with van der Waals surface area (Å²) in [4.78, 5) is 36.5. The third kappa shape index (κ3) is 2.44. The van der Waals surface area contributed by atoms with Crippen molar-refractivity contribution in [3.63, 3.8) is 0 Å². The van der Waals surface area contributed by atoms with Gasteiger partial charge in [-0.1, -0.05) is 19.4 Å². The summed E-state index contributed by atoms with van der Waals surface area (Å²) < 4.78 is 5.81. The number of carbonyl (C=O) groups excluding carboxylic acids is 3. The topological polar surface area (TPSA) is 60.4 Å². The summed E-state index contributed by atoms with van der Waals surface area (Å²) in [6.07, 6.45) is 9.23. The van der Waals surface area contributed by atoms with Gasteiger partial charge in [0.2, 0.25) is 0 Å². The highest BCUT2D eigenvalue weighted by molar-refractivity contribution is 5.91. The van der Waals surface area contributed by atoms with Crippen LogP contribution in [0.5, 0.6) is 0 Å². The molecule has 0 aliphatic heterocycles. The van der Waals surface area contributed by atoms with E-state index in [1.54, 1.807) is 6.92 Å². The quantitative estimate of drug-likeness (QED) is 0.674. The van der Waals surface area contributed by atoms with E-state index in [1.165, 1.54) is 12.5 Å². The van der Waals surface area contributed by atoms with Crippen molar-refractivity contribution in [3.8, 4) is 0 Å². The Labute approximate surface area is 162 Å². The summed E-state index contributed by atoms with van der Waals surface area (Å²) in [7, 11) is 0. The van der Waals surface area contributed by atoms with Crippen LogP contribution in [0.3, 0.4) is 0 Å². The lowest BCUT2D eigenvalue weighted by Gasteiger charge is -2.59. The predicted molar refractivity (Wildman–Crippen MR) is 102 cm³/mol. The van der Waals surface area contributed by atoms with E-state index in [1.807, 2.05) is 6.08 Å². The number of rotatable bonds is 2. The van der Waals surface area contributed by atoms with E-state index in [-0.39, 0.29) is 28.4 Å². The van der Waals surface area contributed by atoms with E-state index in [4.69, 9.17) is 4.74 Å². The molecule has 0 radical (unpaired) electrons. The molecule has 4 aliphatic rings. The van der Waals surface area contributed by atoms with Crippen LogP contribution < -0.4 is 0 Å². The molecular weight excluding hydrogens is 340 g/mol. The van der Waals surface area contributed by atoms with Crippen LogP contribution >= 0.6 is 0 Å². The van der Waals surface area contributed by atoms with Gasteiger partial charge >= 0.3 is 5.97 Å². The van der Waals surface area contributed by atoms with Crippen LogP contribution in [-0.2, 0) is 19.1 Å². The number of esters is 1. The number of hydrogen-bond acceptors (Lipinski definition) is 4. The first-order valence-corrected chi connectivity index (χ1v) is 10.6. The highest BCUT2D eigenvalue weighted by Crippen LogP contribution is 2.68. The molecule has 0 amide bonds. The maximum absolute atomic E-state index is 12.7. The molecule has 0 spiro atoms. The Bertz CT molecular complexity index is 737. The molecule has 0 bridgehead atoms. The van der Waals surface area contributed by atoms with Gasteiger partial charge in [-0.3, -0.25) is 14.4 Å². The van der Waals surface area contributed by atoms with Crippen molar-refractivity contribution in [3.05, 3.63) is 11.6 Å². The molecule has 27 heavy (non-hydrogen) atoms. The van der Waals surface area contributed by atoms with Gasteiger partial charge in [-0.05, 0) is 81.1 Å². The van der Waals surface area contributed by atoms with Crippen molar-refractivity contribution in [1.29, 1.82) is 0 Å². The van der Waals surface area contributed by atoms with E-state index in [0.29, 0.717) is 30.6 Å². The smallest absolute Gasteiger partial charge is 0.303 e. The van der Waals surface area contributed by atoms with Crippen LogP contribution in [0.25, 0.3) is 0 Å². The third-order valence-corrected chi connectivity index (χ3v) is 8.97. The number of allylic oxidation sites excluding steroid dienone is 1. The average molecular weight is 373 g/mol. The van der Waals surface area contributed by atoms with E-state index in [0.717, 1.165) is 38.5 Å². The minimum atomic E-state index is -0.950. The van der Waals surface area contributed by atoms with Crippen molar-refractivity contribution in [2.24, 2.45) is 28.6 Å². The molecule has 0 heterocycles. The summed E-state index contributed by atoms with van der Waals surface area (Å²) >= 11 is 0. The lowest BCUT2D eigenvalue weighted by atomic mass is 9.46. The number of ether oxygens (including phenoxy) is 1. The fourth-order valence-corrected chi connectivity index (χ4v) is 7.62. The number of hydrogen-bond donors (Lipinski definition) is 0. The van der Waals surface area contributed by atoms with Crippen LogP contribution in [0.15, 0.2) is 11.6 Å². The van der Waals surface area contributed by atoms with Gasteiger partial charge in [0.1, 0.15) is 0 Å². The molecule has 0 saturated heterocycles. The number of carbonyl (C=O) groups is 3. The monoisotopic (exact) mass is 372 g/mol. The van der Waals surface area contributed by atoms with Gasteiger partial charge in [-0.15, -0.1) is 0 Å². The van der Waals surface area contributed by atoms with Crippen LogP contribution in [-0.4, -0.2) is 23.1 Å². The Morgan fingerprint density at radius 1 is 1.00 bits per heavy atom. The van der Waals surface area contributed by atoms with Gasteiger partial charge in [-0.2, -0.15) is 0 Å². The minimum Gasteiger partial charge on any atom is -0.451 e. The van der Waals surface area contributed by atoms with Crippen molar-refractivity contribution in [2.75, 3.05) is 0 Å². The lowest BCUT2D eigenvalue weighted by Crippen LogP contribution is -2.58. The van der Waals surface area contributed by atoms with Gasteiger partial charge in [0.15, 0.2) is 17.2 Å². The van der Waals surface area contributed by atoms with Crippen molar-refractivity contribution < 1.29 is 19.1 Å². The zero-order chi connectivity index (χ0) is 19.6. The van der Waals surface area contributed by atoms with Gasteiger partial charge in [0.25, 0.3) is 0 Å². The summed E-state index contributed by atoms with van der Waals surface area (Å²) in [5.74, 6) is 1.48. The van der Waals surface area contributed by atoms with Crippen molar-refractivity contribution in [2.45, 2.75) is 84.7 Å². The zero-order valence-electron chi connectivity index (χ0n) is 17.1. The Kier molecular flexibility index (Phi) is 4.21. The largest absolute Gasteiger partial charge is 0.451 e. The normalized spacial score (nSPS) is 46.0. The first-order valence-electron chi connectivity index (χ1n) is 10.6. The first-order chi connectivity index (χ1) is 12.6.